The fourth-order valence-electron chi connectivity index (χ4n) is 5.78. The molecule has 0 radical (unpaired) electrons. The molecule has 0 spiro atoms. The van der Waals surface area contributed by atoms with Gasteiger partial charge < -0.3 is 0 Å². The highest BCUT2D eigenvalue weighted by molar-refractivity contribution is 5.97. The first-order chi connectivity index (χ1) is 20.9. The van der Waals surface area contributed by atoms with Crippen LogP contribution in [0.4, 0.5) is 26.3 Å². The van der Waals surface area contributed by atoms with Gasteiger partial charge in [-0.15, -0.1) is 10.2 Å². The molecule has 8 rings (SSSR count). The maximum Gasteiger partial charge on any atom is 0.259 e. The largest absolute Gasteiger partial charge is 0.290 e. The molecule has 6 atom stereocenters. The van der Waals surface area contributed by atoms with Gasteiger partial charge in [-0.05, 0) is 11.1 Å². The summed E-state index contributed by atoms with van der Waals surface area (Å²) in [6.45, 7) is 0. The molecule has 0 N–H and O–H groups in total. The summed E-state index contributed by atoms with van der Waals surface area (Å²) in [5, 5.41) is 8.02. The molecule has 228 valence electrons. The van der Waals surface area contributed by atoms with Gasteiger partial charge in [0.15, 0.2) is 24.0 Å². The molecule has 4 aromatic rings. The van der Waals surface area contributed by atoms with Crippen LogP contribution in [0.3, 0.4) is 0 Å². The zero-order valence-corrected chi connectivity index (χ0v) is 22.8. The van der Waals surface area contributed by atoms with Crippen LogP contribution < -0.4 is 0 Å². The number of ketones is 2. The van der Waals surface area contributed by atoms with Crippen LogP contribution in [0.5, 0.6) is 0 Å². The van der Waals surface area contributed by atoms with Crippen LogP contribution in [-0.4, -0.2) is 52.9 Å². The number of carbonyl (C=O) groups is 2. The zero-order chi connectivity index (χ0) is 31.0. The van der Waals surface area contributed by atoms with Crippen molar-refractivity contribution < 1.29 is 35.9 Å². The van der Waals surface area contributed by atoms with E-state index in [-0.39, 0.29) is 48.2 Å². The van der Waals surface area contributed by atoms with Crippen LogP contribution in [0.2, 0.25) is 0 Å². The number of halogens is 6. The summed E-state index contributed by atoms with van der Waals surface area (Å²) in [4.78, 5) is 31.6. The quantitative estimate of drug-likeness (QED) is 0.189. The van der Waals surface area contributed by atoms with E-state index in [4.69, 9.17) is 0 Å². The maximum atomic E-state index is 14.1. The summed E-state index contributed by atoms with van der Waals surface area (Å²) in [5.41, 5.74) is 1.70. The Kier molecular flexibility index (Phi) is 6.52. The Labute approximate surface area is 246 Å². The van der Waals surface area contributed by atoms with Crippen molar-refractivity contribution in [1.29, 1.82) is 0 Å². The van der Waals surface area contributed by atoms with Crippen LogP contribution in [0.25, 0.3) is 0 Å². The standard InChI is InChI=1S/2C15H12F3N3O/c2*16-10-6-11(8-4-2-1-3-5-8)21-14(10)19-13(20-21)12(22)9-7-15(9,17)18/h2*1-5,9-11H,6-7H2/t9-,10+,11+;9-,10-,11-/m10/s1. The van der Waals surface area contributed by atoms with Gasteiger partial charge in [-0.3, -0.25) is 9.59 Å². The number of rotatable bonds is 6. The number of Topliss-reactive ketones (excluding diaryl/α,β-unsaturated/α-hetero) is 2. The van der Waals surface area contributed by atoms with Gasteiger partial charge in [0.25, 0.3) is 11.8 Å². The monoisotopic (exact) mass is 614 g/mol. The predicted molar refractivity (Wildman–Crippen MR) is 141 cm³/mol. The highest BCUT2D eigenvalue weighted by atomic mass is 19.3. The molecule has 0 amide bonds. The number of fused-ring (bicyclic) bond motifs is 2. The lowest BCUT2D eigenvalue weighted by Crippen LogP contribution is -2.13. The molecule has 2 aromatic carbocycles. The summed E-state index contributed by atoms with van der Waals surface area (Å²) in [6.07, 6.45) is -3.27. The third kappa shape index (κ3) is 4.89. The third-order valence-corrected chi connectivity index (χ3v) is 8.42. The Balaban J connectivity index is 0.000000142. The number of hydrogen-bond acceptors (Lipinski definition) is 6. The second-order valence-electron chi connectivity index (χ2n) is 11.5. The lowest BCUT2D eigenvalue weighted by molar-refractivity contribution is 0.0734. The van der Waals surface area contributed by atoms with Crippen molar-refractivity contribution >= 4 is 11.6 Å². The van der Waals surface area contributed by atoms with E-state index in [0.717, 1.165) is 11.1 Å². The minimum Gasteiger partial charge on any atom is -0.290 e. The van der Waals surface area contributed by atoms with Crippen LogP contribution in [-0.2, 0) is 0 Å². The Hall–Kier alpha value is -4.36. The Bertz CT molecular complexity index is 1620. The first-order valence-corrected chi connectivity index (χ1v) is 14.1. The molecule has 2 saturated carbocycles. The Morgan fingerprint density at radius 3 is 1.30 bits per heavy atom. The number of nitrogens with zero attached hydrogens (tertiary/aromatic N) is 6. The number of aromatic nitrogens is 6. The lowest BCUT2D eigenvalue weighted by atomic mass is 10.0. The van der Waals surface area contributed by atoms with Gasteiger partial charge in [-0.2, -0.15) is 0 Å². The molecular formula is C30H24F6N6O2. The smallest absolute Gasteiger partial charge is 0.259 e. The Morgan fingerprint density at radius 1 is 0.636 bits per heavy atom. The molecule has 0 saturated heterocycles. The van der Waals surface area contributed by atoms with Crippen molar-refractivity contribution in [1.82, 2.24) is 29.5 Å². The first-order valence-electron chi connectivity index (χ1n) is 14.1. The summed E-state index contributed by atoms with van der Waals surface area (Å²) in [6, 6.07) is 17.6. The average molecular weight is 615 g/mol. The highest BCUT2D eigenvalue weighted by Gasteiger charge is 2.63. The van der Waals surface area contributed by atoms with Crippen molar-refractivity contribution in [3.8, 4) is 0 Å². The summed E-state index contributed by atoms with van der Waals surface area (Å²) >= 11 is 0. The van der Waals surface area contributed by atoms with Crippen LogP contribution >= 0.6 is 0 Å². The van der Waals surface area contributed by atoms with E-state index in [1.165, 1.54) is 9.36 Å². The summed E-state index contributed by atoms with van der Waals surface area (Å²) in [5.74, 6) is -10.8. The molecular weight excluding hydrogens is 590 g/mol. The molecule has 0 bridgehead atoms. The third-order valence-electron chi connectivity index (χ3n) is 8.42. The molecule has 4 aliphatic rings. The van der Waals surface area contributed by atoms with E-state index in [1.54, 1.807) is 0 Å². The normalized spacial score (nSPS) is 28.4. The SMILES string of the molecule is O=C(c1nc2n(n1)[C@H](c1ccccc1)C[C@@H]2F)[C@@H]1CC1(F)F.O=C(c1nc2n(n1)[C@H](c1ccccc1)C[C@@H]2F)[C@H]1CC1(F)F. The van der Waals surface area contributed by atoms with Crippen LogP contribution in [0.15, 0.2) is 60.7 Å². The fourth-order valence-corrected chi connectivity index (χ4v) is 5.78. The van der Waals surface area contributed by atoms with E-state index in [2.05, 4.69) is 20.2 Å². The van der Waals surface area contributed by atoms with Gasteiger partial charge in [-0.25, -0.2) is 45.7 Å². The second-order valence-corrected chi connectivity index (χ2v) is 11.5. The topological polar surface area (TPSA) is 95.6 Å². The molecule has 2 aliphatic heterocycles. The summed E-state index contributed by atoms with van der Waals surface area (Å²) < 4.78 is 82.9. The molecule has 0 unspecified atom stereocenters. The van der Waals surface area contributed by atoms with E-state index >= 15 is 0 Å². The van der Waals surface area contributed by atoms with Crippen molar-refractivity contribution in [2.45, 2.75) is 62.0 Å². The highest BCUT2D eigenvalue weighted by Crippen LogP contribution is 2.51. The average Bonchev–Trinajstić information content (AvgIpc) is 3.47. The molecule has 2 fully saturated rings. The van der Waals surface area contributed by atoms with Gasteiger partial charge >= 0.3 is 0 Å². The molecule has 14 heteroatoms. The van der Waals surface area contributed by atoms with Crippen molar-refractivity contribution in [2.75, 3.05) is 0 Å². The van der Waals surface area contributed by atoms with Crippen molar-refractivity contribution in [3.05, 3.63) is 95.1 Å². The van der Waals surface area contributed by atoms with E-state index in [1.807, 2.05) is 60.7 Å². The minimum atomic E-state index is -2.97. The minimum absolute atomic E-state index is 0.0427. The van der Waals surface area contributed by atoms with Crippen LogP contribution in [0.1, 0.15) is 94.1 Å². The zero-order valence-electron chi connectivity index (χ0n) is 22.8. The lowest BCUT2D eigenvalue weighted by Gasteiger charge is -2.11. The van der Waals surface area contributed by atoms with Gasteiger partial charge in [0, 0.05) is 25.7 Å². The number of alkyl halides is 6. The predicted octanol–water partition coefficient (Wildman–Crippen LogP) is 6.24. The van der Waals surface area contributed by atoms with E-state index in [9.17, 15) is 35.9 Å². The fraction of sp³-hybridized carbons (Fsp3) is 0.400. The molecule has 44 heavy (non-hydrogen) atoms. The number of carbonyl (C=O) groups excluding carboxylic acids is 2. The van der Waals surface area contributed by atoms with E-state index in [0.29, 0.717) is 0 Å². The van der Waals surface area contributed by atoms with Crippen LogP contribution in [0, 0.1) is 11.8 Å². The van der Waals surface area contributed by atoms with Gasteiger partial charge in [0.1, 0.15) is 0 Å². The molecule has 8 nitrogen and oxygen atoms in total. The Morgan fingerprint density at radius 2 is 0.977 bits per heavy atom. The molecule has 2 aliphatic carbocycles. The molecule has 4 heterocycles. The number of hydrogen-bond donors (Lipinski definition) is 0. The van der Waals surface area contributed by atoms with E-state index < -0.39 is 60.4 Å². The maximum absolute atomic E-state index is 14.1. The number of benzene rings is 2. The van der Waals surface area contributed by atoms with Crippen molar-refractivity contribution in [3.63, 3.8) is 0 Å². The van der Waals surface area contributed by atoms with Gasteiger partial charge in [-0.1, -0.05) is 60.7 Å². The van der Waals surface area contributed by atoms with Gasteiger partial charge in [0.2, 0.25) is 23.2 Å². The van der Waals surface area contributed by atoms with Gasteiger partial charge in [0.05, 0.1) is 23.9 Å². The molecule has 2 aromatic heterocycles. The summed E-state index contributed by atoms with van der Waals surface area (Å²) in [7, 11) is 0. The second kappa shape index (κ2) is 10.1. The first kappa shape index (κ1) is 28.4. The van der Waals surface area contributed by atoms with Crippen molar-refractivity contribution in [2.24, 2.45) is 11.8 Å².